The molecule has 0 radical (unpaired) electrons. The molecule has 25 heavy (non-hydrogen) atoms. The van der Waals surface area contributed by atoms with Crippen LogP contribution in [-0.4, -0.2) is 54.7 Å². The van der Waals surface area contributed by atoms with Crippen LogP contribution in [0.3, 0.4) is 0 Å². The Hall–Kier alpha value is -1.70. The van der Waals surface area contributed by atoms with Gasteiger partial charge in [-0.15, -0.1) is 0 Å². The van der Waals surface area contributed by atoms with E-state index in [4.69, 9.17) is 16.3 Å². The largest absolute Gasteiger partial charge is 0.450 e. The van der Waals surface area contributed by atoms with E-state index in [0.29, 0.717) is 30.6 Å². The molecule has 1 heterocycles. The monoisotopic (exact) mass is 362 g/mol. The van der Waals surface area contributed by atoms with Crippen molar-refractivity contribution in [1.29, 1.82) is 0 Å². The van der Waals surface area contributed by atoms with Gasteiger partial charge in [0, 0.05) is 36.8 Å². The number of benzene rings is 1. The van der Waals surface area contributed by atoms with E-state index >= 15 is 0 Å². The molecule has 1 aromatic carbocycles. The molecule has 0 spiro atoms. The molecule has 136 valence electrons. The van der Waals surface area contributed by atoms with E-state index in [1.807, 2.05) is 31.2 Å². The average Bonchev–Trinajstić information content (AvgIpc) is 2.59. The number of piperazine rings is 1. The minimum absolute atomic E-state index is 0.184. The van der Waals surface area contributed by atoms with Gasteiger partial charge in [-0.25, -0.2) is 4.79 Å². The van der Waals surface area contributed by atoms with Gasteiger partial charge in [0.2, 0.25) is 0 Å². The molecule has 4 nitrogen and oxygen atoms in total. The van der Waals surface area contributed by atoms with E-state index in [9.17, 15) is 4.79 Å². The summed E-state index contributed by atoms with van der Waals surface area (Å²) in [6.07, 6.45) is 0.792. The first-order chi connectivity index (χ1) is 12.0. The number of halogens is 1. The normalized spacial score (nSPS) is 16.3. The number of carbonyl (C=O) groups is 1. The zero-order valence-corrected chi connectivity index (χ0v) is 16.1. The molecule has 1 aliphatic heterocycles. The van der Waals surface area contributed by atoms with Crippen molar-refractivity contribution < 1.29 is 9.53 Å². The van der Waals surface area contributed by atoms with Gasteiger partial charge in [0.15, 0.2) is 0 Å². The highest BCUT2D eigenvalue weighted by molar-refractivity contribution is 6.30. The minimum atomic E-state index is -0.215. The van der Waals surface area contributed by atoms with Crippen LogP contribution in [0.4, 0.5) is 4.79 Å². The van der Waals surface area contributed by atoms with Crippen molar-refractivity contribution >= 4 is 17.7 Å². The number of rotatable bonds is 4. The van der Waals surface area contributed by atoms with Gasteiger partial charge in [-0.05, 0) is 37.5 Å². The molecule has 1 saturated heterocycles. The molecule has 1 aromatic rings. The lowest BCUT2D eigenvalue weighted by atomic mass is 10.0. The topological polar surface area (TPSA) is 32.8 Å². The minimum Gasteiger partial charge on any atom is -0.450 e. The van der Waals surface area contributed by atoms with E-state index in [0.717, 1.165) is 25.1 Å². The van der Waals surface area contributed by atoms with E-state index in [1.165, 1.54) is 0 Å². The van der Waals surface area contributed by atoms with Crippen molar-refractivity contribution in [3.05, 3.63) is 34.9 Å². The Labute approximate surface area is 156 Å². The molecule has 1 aliphatic rings. The van der Waals surface area contributed by atoms with Gasteiger partial charge < -0.3 is 9.64 Å². The van der Waals surface area contributed by atoms with Gasteiger partial charge >= 0.3 is 6.09 Å². The average molecular weight is 363 g/mol. The Morgan fingerprint density at radius 3 is 2.60 bits per heavy atom. The highest BCUT2D eigenvalue weighted by atomic mass is 35.5. The number of hydrogen-bond donors (Lipinski definition) is 0. The zero-order valence-electron chi connectivity index (χ0n) is 15.3. The number of nitrogens with zero attached hydrogens (tertiary/aromatic N) is 2. The Kier molecular flexibility index (Phi) is 7.61. The fourth-order valence-electron chi connectivity index (χ4n) is 2.91. The van der Waals surface area contributed by atoms with Gasteiger partial charge in [0.05, 0.1) is 12.6 Å². The second-order valence-electron chi connectivity index (χ2n) is 6.65. The summed E-state index contributed by atoms with van der Waals surface area (Å²) in [5.41, 5.74) is 0.936. The van der Waals surface area contributed by atoms with Crippen LogP contribution in [0.25, 0.3) is 0 Å². The van der Waals surface area contributed by atoms with Crippen molar-refractivity contribution in [2.24, 2.45) is 5.92 Å². The van der Waals surface area contributed by atoms with Crippen LogP contribution < -0.4 is 0 Å². The highest BCUT2D eigenvalue weighted by Gasteiger charge is 2.26. The smallest absolute Gasteiger partial charge is 0.409 e. The van der Waals surface area contributed by atoms with Crippen LogP contribution in [0.15, 0.2) is 24.3 Å². The van der Waals surface area contributed by atoms with E-state index < -0.39 is 0 Å². The van der Waals surface area contributed by atoms with Crippen molar-refractivity contribution in [3.8, 4) is 11.8 Å². The van der Waals surface area contributed by atoms with Crippen LogP contribution in [0, 0.1) is 17.8 Å². The van der Waals surface area contributed by atoms with Crippen molar-refractivity contribution in [2.45, 2.75) is 33.2 Å². The summed E-state index contributed by atoms with van der Waals surface area (Å²) >= 11 is 6.04. The summed E-state index contributed by atoms with van der Waals surface area (Å²) in [5.74, 6) is 7.23. The molecule has 2 rings (SSSR count). The second-order valence-corrected chi connectivity index (χ2v) is 7.08. The van der Waals surface area contributed by atoms with Crippen LogP contribution >= 0.6 is 11.6 Å². The summed E-state index contributed by atoms with van der Waals surface area (Å²) < 4.78 is 5.09. The second kappa shape index (κ2) is 9.70. The Balaban J connectivity index is 2.03. The fraction of sp³-hybridized carbons (Fsp3) is 0.550. The van der Waals surface area contributed by atoms with Crippen LogP contribution in [0.2, 0.25) is 5.02 Å². The molecule has 0 bridgehead atoms. The number of hydrogen-bond acceptors (Lipinski definition) is 3. The molecule has 1 fully saturated rings. The quantitative estimate of drug-likeness (QED) is 0.762. The summed E-state index contributed by atoms with van der Waals surface area (Å²) in [6, 6.07) is 7.82. The lowest BCUT2D eigenvalue weighted by Gasteiger charge is -2.37. The van der Waals surface area contributed by atoms with E-state index in [1.54, 1.807) is 4.90 Å². The third kappa shape index (κ3) is 6.26. The molecular weight excluding hydrogens is 336 g/mol. The maximum absolute atomic E-state index is 11.8. The molecule has 1 unspecified atom stereocenters. The molecular formula is C20H27ClN2O2. The molecule has 1 atom stereocenters. The highest BCUT2D eigenvalue weighted by Crippen LogP contribution is 2.15. The third-order valence-electron chi connectivity index (χ3n) is 4.18. The molecule has 0 saturated carbocycles. The first kappa shape index (κ1) is 19.6. The first-order valence-corrected chi connectivity index (χ1v) is 9.30. The van der Waals surface area contributed by atoms with Gasteiger partial charge in [0.1, 0.15) is 0 Å². The Morgan fingerprint density at radius 2 is 2.00 bits per heavy atom. The summed E-state index contributed by atoms with van der Waals surface area (Å²) in [4.78, 5) is 16.0. The zero-order chi connectivity index (χ0) is 18.2. The van der Waals surface area contributed by atoms with Gasteiger partial charge in [0.25, 0.3) is 0 Å². The van der Waals surface area contributed by atoms with Crippen molar-refractivity contribution in [2.75, 3.05) is 32.8 Å². The number of ether oxygens (including phenoxy) is 1. The fourth-order valence-corrected chi connectivity index (χ4v) is 3.10. The van der Waals surface area contributed by atoms with Crippen LogP contribution in [-0.2, 0) is 4.74 Å². The molecule has 5 heteroatoms. The molecule has 1 amide bonds. The maximum atomic E-state index is 11.8. The number of carbonyl (C=O) groups excluding carboxylic acids is 1. The standard InChI is InChI=1S/C20H27ClN2O2/c1-4-25-20(24)23-12-10-22(11-13-23)19(14-16(2)3)9-8-17-6-5-7-18(21)15-17/h5-7,15-16,19H,4,10-14H2,1-3H3. The van der Waals surface area contributed by atoms with Gasteiger partial charge in [-0.2, -0.15) is 0 Å². The predicted molar refractivity (Wildman–Crippen MR) is 102 cm³/mol. The first-order valence-electron chi connectivity index (χ1n) is 8.92. The maximum Gasteiger partial charge on any atom is 0.409 e. The molecule has 0 N–H and O–H groups in total. The summed E-state index contributed by atoms with van der Waals surface area (Å²) in [5, 5.41) is 0.704. The lowest BCUT2D eigenvalue weighted by Crippen LogP contribution is -2.52. The van der Waals surface area contributed by atoms with Gasteiger partial charge in [-0.3, -0.25) is 4.90 Å². The Bertz CT molecular complexity index is 628. The van der Waals surface area contributed by atoms with Gasteiger partial charge in [-0.1, -0.05) is 43.4 Å². The van der Waals surface area contributed by atoms with Crippen LogP contribution in [0.5, 0.6) is 0 Å². The van der Waals surface area contributed by atoms with E-state index in [2.05, 4.69) is 30.6 Å². The molecule has 0 aromatic heterocycles. The van der Waals surface area contributed by atoms with Crippen molar-refractivity contribution in [1.82, 2.24) is 9.80 Å². The SMILES string of the molecule is CCOC(=O)N1CCN(C(C#Cc2cccc(Cl)c2)CC(C)C)CC1. The predicted octanol–water partition coefficient (Wildman–Crippen LogP) is 3.88. The summed E-state index contributed by atoms with van der Waals surface area (Å²) in [6.45, 7) is 9.68. The summed E-state index contributed by atoms with van der Waals surface area (Å²) in [7, 11) is 0. The van der Waals surface area contributed by atoms with E-state index in [-0.39, 0.29) is 12.1 Å². The Morgan fingerprint density at radius 1 is 1.28 bits per heavy atom. The van der Waals surface area contributed by atoms with Crippen molar-refractivity contribution in [3.63, 3.8) is 0 Å². The lowest BCUT2D eigenvalue weighted by molar-refractivity contribution is 0.0710. The molecule has 0 aliphatic carbocycles. The number of amides is 1. The third-order valence-corrected chi connectivity index (χ3v) is 4.42. The van der Waals surface area contributed by atoms with Crippen LogP contribution in [0.1, 0.15) is 32.8 Å².